The molecule has 9 heteroatoms. The van der Waals surface area contributed by atoms with Crippen LogP contribution >= 0.6 is 0 Å². The molecule has 1 aromatic carbocycles. The van der Waals surface area contributed by atoms with Gasteiger partial charge in [0.15, 0.2) is 11.5 Å². The van der Waals surface area contributed by atoms with Gasteiger partial charge in [-0.25, -0.2) is 0 Å². The fourth-order valence-electron chi connectivity index (χ4n) is 3.79. The molecule has 31 heavy (non-hydrogen) atoms. The van der Waals surface area contributed by atoms with Gasteiger partial charge in [-0.2, -0.15) is 0 Å². The first-order chi connectivity index (χ1) is 15.2. The largest absolute Gasteiger partial charge is 0.493 e. The number of rotatable bonds is 8. The molecule has 0 atom stereocenters. The third-order valence-corrected chi connectivity index (χ3v) is 5.47. The van der Waals surface area contributed by atoms with Crippen LogP contribution in [-0.4, -0.2) is 59.4 Å². The highest BCUT2D eigenvalue weighted by Crippen LogP contribution is 2.28. The number of hydrogen-bond donors (Lipinski definition) is 1. The van der Waals surface area contributed by atoms with Gasteiger partial charge in [-0.3, -0.25) is 9.69 Å². The third-order valence-electron chi connectivity index (χ3n) is 5.47. The molecule has 0 saturated carbocycles. The fraction of sp³-hybridized carbons (Fsp3) is 0.409. The van der Waals surface area contributed by atoms with Gasteiger partial charge in [0.25, 0.3) is 5.91 Å². The number of fused-ring (bicyclic) bond motifs is 1. The Morgan fingerprint density at radius 2 is 2.00 bits per heavy atom. The minimum Gasteiger partial charge on any atom is -0.493 e. The molecule has 0 fully saturated rings. The first-order valence-electron chi connectivity index (χ1n) is 10.3. The molecule has 9 nitrogen and oxygen atoms in total. The predicted octanol–water partition coefficient (Wildman–Crippen LogP) is 1.92. The highest BCUT2D eigenvalue weighted by molar-refractivity contribution is 5.93. The second kappa shape index (κ2) is 9.65. The molecule has 0 unspecified atom stereocenters. The molecular weight excluding hydrogens is 398 g/mol. The zero-order valence-corrected chi connectivity index (χ0v) is 17.8. The van der Waals surface area contributed by atoms with E-state index in [2.05, 4.69) is 31.0 Å². The Morgan fingerprint density at radius 1 is 1.13 bits per heavy atom. The maximum atomic E-state index is 12.0. The van der Waals surface area contributed by atoms with Crippen LogP contribution in [0.5, 0.6) is 11.5 Å². The Labute approximate surface area is 181 Å². The Hall–Kier alpha value is -3.33. The number of hydrogen-bond acceptors (Lipinski definition) is 7. The normalized spacial score (nSPS) is 14.0. The molecule has 1 amide bonds. The number of amides is 1. The van der Waals surface area contributed by atoms with Crippen molar-refractivity contribution in [2.24, 2.45) is 0 Å². The summed E-state index contributed by atoms with van der Waals surface area (Å²) in [6, 6.07) is 7.68. The van der Waals surface area contributed by atoms with Crippen LogP contribution in [0.4, 0.5) is 0 Å². The molecule has 0 aliphatic carbocycles. The van der Waals surface area contributed by atoms with E-state index in [0.29, 0.717) is 18.5 Å². The van der Waals surface area contributed by atoms with Crippen molar-refractivity contribution in [3.63, 3.8) is 0 Å². The fourth-order valence-corrected chi connectivity index (χ4v) is 3.79. The van der Waals surface area contributed by atoms with E-state index < -0.39 is 0 Å². The van der Waals surface area contributed by atoms with Crippen molar-refractivity contribution in [3.05, 3.63) is 59.6 Å². The third kappa shape index (κ3) is 4.88. The van der Waals surface area contributed by atoms with Crippen LogP contribution in [0.25, 0.3) is 0 Å². The van der Waals surface area contributed by atoms with Gasteiger partial charge in [-0.05, 0) is 23.8 Å². The Balaban J connectivity index is 1.33. The van der Waals surface area contributed by atoms with E-state index >= 15 is 0 Å². The number of ether oxygens (including phenoxy) is 2. The van der Waals surface area contributed by atoms with Gasteiger partial charge in [0, 0.05) is 45.6 Å². The van der Waals surface area contributed by atoms with E-state index in [1.807, 2.05) is 12.1 Å². The molecule has 3 aromatic rings. The minimum atomic E-state index is -0.148. The number of aromatic nitrogens is 3. The monoisotopic (exact) mass is 425 g/mol. The zero-order chi connectivity index (χ0) is 21.6. The molecule has 2 aromatic heterocycles. The standard InChI is InChI=1S/C22H27N5O4/c1-29-18-4-3-16(13-19(18)30-2)14-26-9-6-21-25-24-20(27(21)11-10-26)5-8-23-22(28)17-7-12-31-15-17/h3-4,7,12-13,15H,5-6,8-11,14H2,1-2H3,(H,23,28). The summed E-state index contributed by atoms with van der Waals surface area (Å²) in [5.74, 6) is 3.22. The molecular formula is C22H27N5O4. The first-order valence-corrected chi connectivity index (χ1v) is 10.3. The maximum Gasteiger partial charge on any atom is 0.254 e. The molecule has 1 aliphatic heterocycles. The number of nitrogens with one attached hydrogen (secondary N) is 1. The lowest BCUT2D eigenvalue weighted by Crippen LogP contribution is -2.28. The molecule has 1 N–H and O–H groups in total. The van der Waals surface area contributed by atoms with Crippen molar-refractivity contribution in [2.75, 3.05) is 33.9 Å². The van der Waals surface area contributed by atoms with E-state index in [4.69, 9.17) is 13.9 Å². The number of carbonyl (C=O) groups excluding carboxylic acids is 1. The molecule has 0 bridgehead atoms. The molecule has 1 aliphatic rings. The highest BCUT2D eigenvalue weighted by atomic mass is 16.5. The van der Waals surface area contributed by atoms with Crippen molar-refractivity contribution in [1.82, 2.24) is 25.0 Å². The second-order valence-electron chi connectivity index (χ2n) is 7.42. The summed E-state index contributed by atoms with van der Waals surface area (Å²) in [6.45, 7) is 3.95. The summed E-state index contributed by atoms with van der Waals surface area (Å²) in [5, 5.41) is 11.6. The molecule has 0 spiro atoms. The number of nitrogens with zero attached hydrogens (tertiary/aromatic N) is 4. The average molecular weight is 425 g/mol. The highest BCUT2D eigenvalue weighted by Gasteiger charge is 2.19. The molecule has 4 rings (SSSR count). The summed E-state index contributed by atoms with van der Waals surface area (Å²) >= 11 is 0. The number of carbonyl (C=O) groups is 1. The number of benzene rings is 1. The molecule has 0 radical (unpaired) electrons. The van der Waals surface area contributed by atoms with E-state index in [0.717, 1.165) is 55.7 Å². The lowest BCUT2D eigenvalue weighted by atomic mass is 10.2. The van der Waals surface area contributed by atoms with Gasteiger partial charge in [0.1, 0.15) is 17.9 Å². The van der Waals surface area contributed by atoms with E-state index in [-0.39, 0.29) is 5.91 Å². The van der Waals surface area contributed by atoms with Crippen molar-refractivity contribution in [3.8, 4) is 11.5 Å². The molecule has 0 saturated heterocycles. The van der Waals surface area contributed by atoms with Crippen molar-refractivity contribution in [1.29, 1.82) is 0 Å². The van der Waals surface area contributed by atoms with Gasteiger partial charge < -0.3 is 23.8 Å². The van der Waals surface area contributed by atoms with E-state index in [1.54, 1.807) is 20.3 Å². The van der Waals surface area contributed by atoms with E-state index in [9.17, 15) is 4.79 Å². The first kappa shape index (κ1) is 20.9. The maximum absolute atomic E-state index is 12.0. The summed E-state index contributed by atoms with van der Waals surface area (Å²) < 4.78 is 17.9. The summed E-state index contributed by atoms with van der Waals surface area (Å²) in [4.78, 5) is 14.4. The Morgan fingerprint density at radius 3 is 2.77 bits per heavy atom. The van der Waals surface area contributed by atoms with Gasteiger partial charge >= 0.3 is 0 Å². The van der Waals surface area contributed by atoms with Crippen molar-refractivity contribution in [2.45, 2.75) is 25.9 Å². The Bertz CT molecular complexity index is 1020. The van der Waals surface area contributed by atoms with Crippen molar-refractivity contribution < 1.29 is 18.7 Å². The topological polar surface area (TPSA) is 94.6 Å². The number of methoxy groups -OCH3 is 2. The van der Waals surface area contributed by atoms with Crippen LogP contribution in [0.15, 0.2) is 41.2 Å². The van der Waals surface area contributed by atoms with Crippen molar-refractivity contribution >= 4 is 5.91 Å². The van der Waals surface area contributed by atoms with Crippen LogP contribution in [0.3, 0.4) is 0 Å². The predicted molar refractivity (Wildman–Crippen MR) is 113 cm³/mol. The quantitative estimate of drug-likeness (QED) is 0.589. The zero-order valence-electron chi connectivity index (χ0n) is 17.8. The van der Waals surface area contributed by atoms with Crippen LogP contribution in [-0.2, 0) is 25.9 Å². The second-order valence-corrected chi connectivity index (χ2v) is 7.42. The summed E-state index contributed by atoms with van der Waals surface area (Å²) in [6.07, 6.45) is 4.39. The number of furan rings is 1. The van der Waals surface area contributed by atoms with Gasteiger partial charge in [-0.1, -0.05) is 6.07 Å². The van der Waals surface area contributed by atoms with Crippen LogP contribution in [0, 0.1) is 0 Å². The lowest BCUT2D eigenvalue weighted by molar-refractivity contribution is 0.0953. The van der Waals surface area contributed by atoms with Crippen LogP contribution in [0.1, 0.15) is 27.6 Å². The van der Waals surface area contributed by atoms with Crippen LogP contribution in [0.2, 0.25) is 0 Å². The van der Waals surface area contributed by atoms with Gasteiger partial charge in [-0.15, -0.1) is 10.2 Å². The summed E-state index contributed by atoms with van der Waals surface area (Å²) in [7, 11) is 3.29. The minimum absolute atomic E-state index is 0.148. The Kier molecular flexibility index (Phi) is 6.51. The smallest absolute Gasteiger partial charge is 0.254 e. The molecule has 164 valence electrons. The SMILES string of the molecule is COc1ccc(CN2CCc3nnc(CCNC(=O)c4ccoc4)n3CC2)cc1OC. The molecule has 3 heterocycles. The van der Waals surface area contributed by atoms with E-state index in [1.165, 1.54) is 18.1 Å². The van der Waals surface area contributed by atoms with Gasteiger partial charge in [0.2, 0.25) is 0 Å². The van der Waals surface area contributed by atoms with Gasteiger partial charge in [0.05, 0.1) is 26.0 Å². The lowest BCUT2D eigenvalue weighted by Gasteiger charge is -2.20. The average Bonchev–Trinajstić information content (AvgIpc) is 3.42. The summed E-state index contributed by atoms with van der Waals surface area (Å²) in [5.41, 5.74) is 1.70. The van der Waals surface area contributed by atoms with Crippen LogP contribution < -0.4 is 14.8 Å².